The number of hydrogen-bond acceptors (Lipinski definition) is 7. The molecule has 0 fully saturated rings. The molecule has 0 spiro atoms. The maximum atomic E-state index is 5.89. The van der Waals surface area contributed by atoms with Crippen LogP contribution in [0.2, 0.25) is 0 Å². The fourth-order valence-corrected chi connectivity index (χ4v) is 3.40. The minimum absolute atomic E-state index is 0.525. The predicted octanol–water partition coefficient (Wildman–Crippen LogP) is 5.08. The third-order valence-corrected chi connectivity index (χ3v) is 5.26. The van der Waals surface area contributed by atoms with Crippen LogP contribution in [0.15, 0.2) is 47.6 Å². The number of aromatic nitrogens is 1. The second-order valence-corrected chi connectivity index (χ2v) is 8.03. The Morgan fingerprint density at radius 3 is 2.65 bits per heavy atom. The van der Waals surface area contributed by atoms with E-state index in [1.807, 2.05) is 28.6 Å². The standard InChI is InChI=1S/C24H37N5OS/c1-3-13-27-23(4-2)20-8-10-22(11-9-20)30-18-7-5-6-16-29(31)17-15-26-21-12-14-28-24(25)19-21/h8-12,14,19,31H,3-7,13,15-18H2,1-2H3,(H3,25,26,28). The highest BCUT2D eigenvalue weighted by atomic mass is 32.1. The molecule has 0 bridgehead atoms. The van der Waals surface area contributed by atoms with Gasteiger partial charge in [-0.2, -0.15) is 0 Å². The van der Waals surface area contributed by atoms with Crippen LogP contribution in [0.25, 0.3) is 0 Å². The highest BCUT2D eigenvalue weighted by molar-refractivity contribution is 7.77. The van der Waals surface area contributed by atoms with Crippen molar-refractivity contribution < 1.29 is 4.74 Å². The van der Waals surface area contributed by atoms with Crippen molar-refractivity contribution in [1.29, 1.82) is 0 Å². The molecule has 1 heterocycles. The fraction of sp³-hybridized carbons (Fsp3) is 0.500. The third-order valence-electron chi connectivity index (χ3n) is 4.86. The molecule has 2 aromatic rings. The lowest BCUT2D eigenvalue weighted by molar-refractivity contribution is 0.302. The Labute approximate surface area is 192 Å². The molecule has 6 nitrogen and oxygen atoms in total. The molecule has 170 valence electrons. The van der Waals surface area contributed by atoms with E-state index in [0.717, 1.165) is 76.3 Å². The molecule has 0 radical (unpaired) electrons. The van der Waals surface area contributed by atoms with Gasteiger partial charge < -0.3 is 15.8 Å². The molecule has 0 amide bonds. The number of pyridine rings is 1. The fourth-order valence-electron chi connectivity index (χ4n) is 3.16. The maximum absolute atomic E-state index is 5.89. The predicted molar refractivity (Wildman–Crippen MR) is 135 cm³/mol. The zero-order chi connectivity index (χ0) is 22.3. The summed E-state index contributed by atoms with van der Waals surface area (Å²) in [6, 6.07) is 12.1. The molecular formula is C24H37N5OS. The van der Waals surface area contributed by atoms with Gasteiger partial charge in [-0.15, -0.1) is 0 Å². The van der Waals surface area contributed by atoms with Gasteiger partial charge in [-0.3, -0.25) is 9.30 Å². The van der Waals surface area contributed by atoms with E-state index in [4.69, 9.17) is 10.5 Å². The molecule has 0 unspecified atom stereocenters. The van der Waals surface area contributed by atoms with Gasteiger partial charge in [0.05, 0.1) is 6.61 Å². The number of nitrogen functional groups attached to an aromatic ring is 1. The Balaban J connectivity index is 1.55. The minimum atomic E-state index is 0.525. The summed E-state index contributed by atoms with van der Waals surface area (Å²) < 4.78 is 7.93. The highest BCUT2D eigenvalue weighted by Crippen LogP contribution is 2.15. The number of rotatable bonds is 15. The minimum Gasteiger partial charge on any atom is -0.494 e. The second kappa shape index (κ2) is 14.7. The topological polar surface area (TPSA) is 75.8 Å². The molecule has 3 N–H and O–H groups in total. The number of ether oxygens (including phenoxy) is 1. The number of thiol groups is 1. The lowest BCUT2D eigenvalue weighted by atomic mass is 10.1. The van der Waals surface area contributed by atoms with Gasteiger partial charge in [-0.25, -0.2) is 4.98 Å². The molecule has 0 aliphatic heterocycles. The molecule has 2 rings (SSSR count). The van der Waals surface area contributed by atoms with Crippen LogP contribution in [0.1, 0.15) is 51.5 Å². The Morgan fingerprint density at radius 2 is 1.94 bits per heavy atom. The molecule has 0 saturated heterocycles. The summed E-state index contributed by atoms with van der Waals surface area (Å²) in [4.78, 5) is 8.65. The number of nitrogens with two attached hydrogens (primary N) is 1. The van der Waals surface area contributed by atoms with Crippen molar-refractivity contribution >= 4 is 30.0 Å². The highest BCUT2D eigenvalue weighted by Gasteiger charge is 2.03. The van der Waals surface area contributed by atoms with E-state index in [1.165, 1.54) is 11.3 Å². The number of aliphatic imine (C=N–C) groups is 1. The van der Waals surface area contributed by atoms with Crippen molar-refractivity contribution in [2.75, 3.05) is 43.8 Å². The van der Waals surface area contributed by atoms with E-state index in [1.54, 1.807) is 6.20 Å². The quantitative estimate of drug-likeness (QED) is 0.203. The number of anilines is 2. The summed E-state index contributed by atoms with van der Waals surface area (Å²) in [5.74, 6) is 1.45. The van der Waals surface area contributed by atoms with Crippen molar-refractivity contribution in [2.24, 2.45) is 4.99 Å². The number of unbranched alkanes of at least 4 members (excludes halogenated alkanes) is 2. The van der Waals surface area contributed by atoms with Crippen molar-refractivity contribution in [3.8, 4) is 5.75 Å². The smallest absolute Gasteiger partial charge is 0.125 e. The molecule has 1 aromatic carbocycles. The van der Waals surface area contributed by atoms with Crippen molar-refractivity contribution in [3.63, 3.8) is 0 Å². The van der Waals surface area contributed by atoms with Crippen LogP contribution in [-0.4, -0.2) is 47.8 Å². The van der Waals surface area contributed by atoms with Crippen LogP contribution < -0.4 is 15.8 Å². The summed E-state index contributed by atoms with van der Waals surface area (Å²) in [7, 11) is 0. The molecule has 0 atom stereocenters. The molecule has 0 saturated carbocycles. The Hall–Kier alpha value is -2.25. The summed E-state index contributed by atoms with van der Waals surface area (Å²) >= 11 is 4.55. The van der Waals surface area contributed by atoms with Gasteiger partial charge in [0.15, 0.2) is 0 Å². The number of nitrogens with one attached hydrogen (secondary N) is 1. The monoisotopic (exact) mass is 443 g/mol. The molecule has 7 heteroatoms. The van der Waals surface area contributed by atoms with Crippen molar-refractivity contribution in [1.82, 2.24) is 9.29 Å². The van der Waals surface area contributed by atoms with Crippen LogP contribution in [-0.2, 0) is 0 Å². The first kappa shape index (κ1) is 25.0. The zero-order valence-electron chi connectivity index (χ0n) is 18.9. The SMILES string of the molecule is CCCN=C(CC)c1ccc(OCCCCCN(S)CCNc2ccnc(N)c2)cc1. The van der Waals surface area contributed by atoms with Crippen LogP contribution in [0.3, 0.4) is 0 Å². The summed E-state index contributed by atoms with van der Waals surface area (Å²) in [6.07, 6.45) is 6.99. The number of hydrogen-bond donors (Lipinski definition) is 3. The van der Waals surface area contributed by atoms with Gasteiger partial charge in [0, 0.05) is 49.8 Å². The number of nitrogens with zero attached hydrogens (tertiary/aromatic N) is 3. The lowest BCUT2D eigenvalue weighted by Gasteiger charge is -2.16. The Morgan fingerprint density at radius 1 is 1.13 bits per heavy atom. The average Bonchev–Trinajstić information content (AvgIpc) is 2.77. The van der Waals surface area contributed by atoms with Crippen molar-refractivity contribution in [3.05, 3.63) is 48.2 Å². The molecule has 1 aromatic heterocycles. The summed E-state index contributed by atoms with van der Waals surface area (Å²) in [5.41, 5.74) is 9.03. The molecule has 31 heavy (non-hydrogen) atoms. The van der Waals surface area contributed by atoms with Crippen LogP contribution in [0.4, 0.5) is 11.5 Å². The largest absolute Gasteiger partial charge is 0.494 e. The van der Waals surface area contributed by atoms with E-state index in [-0.39, 0.29) is 0 Å². The van der Waals surface area contributed by atoms with Gasteiger partial charge in [0.25, 0.3) is 0 Å². The van der Waals surface area contributed by atoms with Gasteiger partial charge >= 0.3 is 0 Å². The average molecular weight is 444 g/mol. The second-order valence-electron chi connectivity index (χ2n) is 7.47. The van der Waals surface area contributed by atoms with E-state index in [9.17, 15) is 0 Å². The third kappa shape index (κ3) is 10.1. The van der Waals surface area contributed by atoms with E-state index < -0.39 is 0 Å². The first-order valence-electron chi connectivity index (χ1n) is 11.3. The van der Waals surface area contributed by atoms with E-state index in [0.29, 0.717) is 5.82 Å². The van der Waals surface area contributed by atoms with Gasteiger partial charge in [0.1, 0.15) is 11.6 Å². The molecule has 0 aliphatic rings. The summed E-state index contributed by atoms with van der Waals surface area (Å²) in [6.45, 7) is 8.56. The van der Waals surface area contributed by atoms with Gasteiger partial charge in [-0.1, -0.05) is 26.7 Å². The molecular weight excluding hydrogens is 406 g/mol. The van der Waals surface area contributed by atoms with Gasteiger partial charge in [-0.05, 0) is 68.0 Å². The van der Waals surface area contributed by atoms with E-state index >= 15 is 0 Å². The van der Waals surface area contributed by atoms with Gasteiger partial charge in [0.2, 0.25) is 0 Å². The summed E-state index contributed by atoms with van der Waals surface area (Å²) in [5, 5.41) is 3.33. The van der Waals surface area contributed by atoms with Crippen LogP contribution >= 0.6 is 12.8 Å². The Kier molecular flexibility index (Phi) is 11.9. The molecule has 0 aliphatic carbocycles. The first-order valence-corrected chi connectivity index (χ1v) is 11.7. The lowest BCUT2D eigenvalue weighted by Crippen LogP contribution is -2.22. The Bertz CT molecular complexity index is 782. The first-order chi connectivity index (χ1) is 15.1. The normalized spacial score (nSPS) is 11.7. The van der Waals surface area contributed by atoms with E-state index in [2.05, 4.69) is 54.1 Å². The van der Waals surface area contributed by atoms with Crippen molar-refractivity contribution in [2.45, 2.75) is 46.0 Å². The maximum Gasteiger partial charge on any atom is 0.125 e. The zero-order valence-corrected chi connectivity index (χ0v) is 19.8. The van der Waals surface area contributed by atoms with Crippen LogP contribution in [0.5, 0.6) is 5.75 Å². The number of benzene rings is 1. The van der Waals surface area contributed by atoms with Crippen LogP contribution in [0, 0.1) is 0 Å².